The number of carbonyl (C=O) groups excluding carboxylic acids is 1. The molecule has 0 spiro atoms. The Labute approximate surface area is 84.0 Å². The zero-order valence-electron chi connectivity index (χ0n) is 8.62. The molecule has 0 aromatic carbocycles. The first-order valence-corrected chi connectivity index (χ1v) is 4.81. The number of primary amides is 1. The van der Waals surface area contributed by atoms with Crippen molar-refractivity contribution in [1.29, 1.82) is 0 Å². The van der Waals surface area contributed by atoms with E-state index in [-0.39, 0.29) is 11.4 Å². The number of nitrogens with two attached hydrogens (primary N) is 4. The maximum absolute atomic E-state index is 10.8. The van der Waals surface area contributed by atoms with Gasteiger partial charge in [-0.25, -0.2) is 0 Å². The summed E-state index contributed by atoms with van der Waals surface area (Å²) in [6.45, 7) is 3.05. The van der Waals surface area contributed by atoms with Gasteiger partial charge in [0, 0.05) is 0 Å². The summed E-state index contributed by atoms with van der Waals surface area (Å²) in [5.74, 6) is -0.610. The Balaban J connectivity index is 3.93. The predicted octanol–water partition coefficient (Wildman–Crippen LogP) is -2.77. The molecule has 1 amide bonds. The van der Waals surface area contributed by atoms with Crippen LogP contribution in [0.2, 0.25) is 0 Å². The molecule has 0 unspecified atom stereocenters. The van der Waals surface area contributed by atoms with Crippen molar-refractivity contribution in [3.05, 3.63) is 11.8 Å². The zero-order valence-corrected chi connectivity index (χ0v) is 8.62. The van der Waals surface area contributed by atoms with Crippen molar-refractivity contribution >= 4 is 11.7 Å². The van der Waals surface area contributed by atoms with Crippen molar-refractivity contribution in [2.24, 2.45) is 11.5 Å². The van der Waals surface area contributed by atoms with E-state index in [4.69, 9.17) is 16.9 Å². The molecule has 0 rings (SSSR count). The Morgan fingerprint density at radius 1 is 1.43 bits per heavy atom. The molecular formula is C9H20N4O+2. The molecule has 0 atom stereocenters. The van der Waals surface area contributed by atoms with Gasteiger partial charge in [0.25, 0.3) is 11.7 Å². The van der Waals surface area contributed by atoms with Crippen molar-refractivity contribution < 1.29 is 15.5 Å². The maximum Gasteiger partial charge on any atom is 0.281 e. The van der Waals surface area contributed by atoms with Crippen LogP contribution in [0.15, 0.2) is 11.8 Å². The lowest BCUT2D eigenvalue weighted by atomic mass is 10.2. The summed E-state index contributed by atoms with van der Waals surface area (Å²) in [6.07, 6.45) is 5.04. The fraction of sp³-hybridized carbons (Fsp3) is 0.556. The largest absolute Gasteiger partial charge is 0.365 e. The number of rotatable bonds is 7. The Morgan fingerprint density at radius 2 is 2.07 bits per heavy atom. The van der Waals surface area contributed by atoms with Crippen molar-refractivity contribution in [1.82, 2.24) is 0 Å². The Morgan fingerprint density at radius 3 is 2.50 bits per heavy atom. The molecule has 0 aromatic heterocycles. The van der Waals surface area contributed by atoms with Gasteiger partial charge in [-0.2, -0.15) is 0 Å². The average molecular weight is 200 g/mol. The number of amides is 1. The highest BCUT2D eigenvalue weighted by Gasteiger charge is 2.14. The van der Waals surface area contributed by atoms with Gasteiger partial charge >= 0.3 is 0 Å². The SMILES string of the molecule is CCCCC[NH2+]C=C(C(N)=[NH2+])C(N)=O. The molecule has 14 heavy (non-hydrogen) atoms. The van der Waals surface area contributed by atoms with Gasteiger partial charge in [-0.05, 0) is 12.8 Å². The number of unbranched alkanes of at least 4 members (excludes halogenated alkanes) is 2. The number of hydrogen-bond donors (Lipinski definition) is 4. The second-order valence-electron chi connectivity index (χ2n) is 3.13. The van der Waals surface area contributed by atoms with Crippen molar-refractivity contribution in [3.8, 4) is 0 Å². The van der Waals surface area contributed by atoms with Gasteiger partial charge < -0.3 is 11.1 Å². The van der Waals surface area contributed by atoms with Gasteiger partial charge in [0.2, 0.25) is 0 Å². The third-order valence-electron chi connectivity index (χ3n) is 1.84. The molecule has 0 aliphatic heterocycles. The van der Waals surface area contributed by atoms with Gasteiger partial charge in [0.15, 0.2) is 5.57 Å². The van der Waals surface area contributed by atoms with Crippen LogP contribution in [0.25, 0.3) is 0 Å². The third kappa shape index (κ3) is 5.31. The van der Waals surface area contributed by atoms with E-state index >= 15 is 0 Å². The highest BCUT2D eigenvalue weighted by molar-refractivity contribution is 6.16. The smallest absolute Gasteiger partial charge is 0.281 e. The second-order valence-corrected chi connectivity index (χ2v) is 3.13. The van der Waals surface area contributed by atoms with Crippen LogP contribution in [-0.2, 0) is 4.79 Å². The lowest BCUT2D eigenvalue weighted by Gasteiger charge is -1.96. The first kappa shape index (κ1) is 12.6. The molecule has 0 radical (unpaired) electrons. The second kappa shape index (κ2) is 7.08. The fourth-order valence-corrected chi connectivity index (χ4v) is 1.03. The van der Waals surface area contributed by atoms with E-state index in [9.17, 15) is 4.79 Å². The molecule has 0 aliphatic rings. The van der Waals surface area contributed by atoms with Crippen molar-refractivity contribution in [3.63, 3.8) is 0 Å². The molecule has 0 fully saturated rings. The molecule has 0 bridgehead atoms. The van der Waals surface area contributed by atoms with E-state index in [0.717, 1.165) is 13.0 Å². The van der Waals surface area contributed by atoms with Crippen molar-refractivity contribution in [2.75, 3.05) is 6.54 Å². The predicted molar refractivity (Wildman–Crippen MR) is 54.7 cm³/mol. The number of amidine groups is 1. The average Bonchev–Trinajstić information content (AvgIpc) is 2.09. The van der Waals surface area contributed by atoms with Crippen LogP contribution in [0, 0.1) is 0 Å². The van der Waals surface area contributed by atoms with Gasteiger partial charge in [-0.3, -0.25) is 15.9 Å². The minimum Gasteiger partial charge on any atom is -0.365 e. The van der Waals surface area contributed by atoms with Crippen LogP contribution in [-0.4, -0.2) is 18.3 Å². The summed E-state index contributed by atoms with van der Waals surface area (Å²) in [5, 5.41) is 7.15. The van der Waals surface area contributed by atoms with Crippen LogP contribution in [0.5, 0.6) is 0 Å². The minimum atomic E-state index is -0.586. The third-order valence-corrected chi connectivity index (χ3v) is 1.84. The van der Waals surface area contributed by atoms with Gasteiger partial charge in [-0.15, -0.1) is 0 Å². The molecule has 0 aromatic rings. The van der Waals surface area contributed by atoms with E-state index in [1.54, 1.807) is 6.20 Å². The van der Waals surface area contributed by atoms with Gasteiger partial charge in [0.1, 0.15) is 6.20 Å². The lowest BCUT2D eigenvalue weighted by Crippen LogP contribution is -2.79. The molecule has 80 valence electrons. The van der Waals surface area contributed by atoms with E-state index in [0.29, 0.717) is 0 Å². The van der Waals surface area contributed by atoms with Crippen molar-refractivity contribution in [2.45, 2.75) is 26.2 Å². The molecule has 5 nitrogen and oxygen atoms in total. The number of carbonyl (C=O) groups is 1. The molecule has 0 saturated heterocycles. The fourth-order valence-electron chi connectivity index (χ4n) is 1.03. The zero-order chi connectivity index (χ0) is 11.0. The normalized spacial score (nSPS) is 11.4. The monoisotopic (exact) mass is 200 g/mol. The molecule has 0 saturated carbocycles. The summed E-state index contributed by atoms with van der Waals surface area (Å²) in [7, 11) is 0. The first-order valence-electron chi connectivity index (χ1n) is 4.81. The van der Waals surface area contributed by atoms with E-state index in [2.05, 4.69) is 6.92 Å². The Kier molecular flexibility index (Phi) is 6.39. The molecule has 5 heteroatoms. The van der Waals surface area contributed by atoms with Gasteiger partial charge in [0.05, 0.1) is 6.54 Å². The minimum absolute atomic E-state index is 0.0239. The van der Waals surface area contributed by atoms with Crippen LogP contribution in [0.3, 0.4) is 0 Å². The summed E-state index contributed by atoms with van der Waals surface area (Å²) >= 11 is 0. The van der Waals surface area contributed by atoms with Crippen LogP contribution >= 0.6 is 0 Å². The highest BCUT2D eigenvalue weighted by atomic mass is 16.1. The van der Waals surface area contributed by atoms with E-state index in [1.165, 1.54) is 12.8 Å². The molecule has 0 aliphatic carbocycles. The maximum atomic E-state index is 10.8. The summed E-state index contributed by atoms with van der Waals surface area (Å²) in [5.41, 5.74) is 10.6. The van der Waals surface area contributed by atoms with E-state index < -0.39 is 5.91 Å². The molecule has 0 heterocycles. The van der Waals surface area contributed by atoms with E-state index in [1.807, 2.05) is 5.32 Å². The molecular weight excluding hydrogens is 180 g/mol. The van der Waals surface area contributed by atoms with Gasteiger partial charge in [-0.1, -0.05) is 13.3 Å². The standard InChI is InChI=1S/C9H18N4O/c1-2-3-4-5-13-6-7(8(10)11)9(12)14/h6,13H,2-5H2,1H3,(H3,10,11)(H2,12,14)/p+2. The summed E-state index contributed by atoms with van der Waals surface area (Å²) in [6, 6.07) is 0. The number of hydrogen-bond acceptors (Lipinski definition) is 1. The van der Waals surface area contributed by atoms with Crippen LogP contribution in [0.1, 0.15) is 26.2 Å². The molecule has 8 N–H and O–H groups in total. The Bertz CT molecular complexity index is 219. The van der Waals surface area contributed by atoms with Crippen LogP contribution in [0.4, 0.5) is 0 Å². The summed E-state index contributed by atoms with van der Waals surface area (Å²) in [4.78, 5) is 10.8. The van der Waals surface area contributed by atoms with Crippen LogP contribution < -0.4 is 22.2 Å². The number of quaternary nitrogens is 1. The summed E-state index contributed by atoms with van der Waals surface area (Å²) < 4.78 is 0. The lowest BCUT2D eigenvalue weighted by molar-refractivity contribution is -0.588. The first-order chi connectivity index (χ1) is 6.59. The highest BCUT2D eigenvalue weighted by Crippen LogP contribution is 1.89. The topological polar surface area (TPSA) is 111 Å². The Hall–Kier alpha value is -1.36. The quantitative estimate of drug-likeness (QED) is 0.154.